The number of rotatable bonds is 5. The molecule has 2 rings (SSSR count). The van der Waals surface area contributed by atoms with Gasteiger partial charge in [0, 0.05) is 10.0 Å². The third kappa shape index (κ3) is 4.87. The van der Waals surface area contributed by atoms with Crippen molar-refractivity contribution in [3.05, 3.63) is 57.0 Å². The SMILES string of the molecule is CCOc1ccc(C(=O)NNC(=O)c2ccc(Br)cc2Cl)cc1OC. The Balaban J connectivity index is 2.05. The highest BCUT2D eigenvalue weighted by atomic mass is 79.9. The average Bonchev–Trinajstić information content (AvgIpc) is 2.60. The lowest BCUT2D eigenvalue weighted by Gasteiger charge is -2.12. The molecule has 0 aromatic heterocycles. The van der Waals surface area contributed by atoms with Crippen molar-refractivity contribution >= 4 is 39.3 Å². The van der Waals surface area contributed by atoms with Crippen molar-refractivity contribution in [3.63, 3.8) is 0 Å². The van der Waals surface area contributed by atoms with Crippen LogP contribution in [0.3, 0.4) is 0 Å². The van der Waals surface area contributed by atoms with E-state index in [9.17, 15) is 9.59 Å². The number of amides is 2. The van der Waals surface area contributed by atoms with Crippen molar-refractivity contribution in [2.24, 2.45) is 0 Å². The first-order valence-corrected chi connectivity index (χ1v) is 8.50. The number of hydrogen-bond acceptors (Lipinski definition) is 4. The van der Waals surface area contributed by atoms with E-state index in [0.29, 0.717) is 23.7 Å². The van der Waals surface area contributed by atoms with Crippen LogP contribution in [0.5, 0.6) is 11.5 Å². The van der Waals surface area contributed by atoms with Gasteiger partial charge in [0.1, 0.15) is 0 Å². The van der Waals surface area contributed by atoms with Gasteiger partial charge in [-0.1, -0.05) is 27.5 Å². The minimum atomic E-state index is -0.524. The van der Waals surface area contributed by atoms with Gasteiger partial charge in [0.05, 0.1) is 24.3 Å². The second-order valence-corrected chi connectivity index (χ2v) is 6.15. The summed E-state index contributed by atoms with van der Waals surface area (Å²) < 4.78 is 11.3. The number of carbonyl (C=O) groups excluding carboxylic acids is 2. The van der Waals surface area contributed by atoms with E-state index in [1.165, 1.54) is 13.2 Å². The molecule has 0 spiro atoms. The zero-order valence-corrected chi connectivity index (χ0v) is 15.9. The van der Waals surface area contributed by atoms with Gasteiger partial charge in [0.15, 0.2) is 11.5 Å². The molecule has 0 aliphatic rings. The van der Waals surface area contributed by atoms with Crippen molar-refractivity contribution in [1.82, 2.24) is 10.9 Å². The van der Waals surface area contributed by atoms with E-state index < -0.39 is 11.8 Å². The molecule has 0 radical (unpaired) electrons. The molecule has 25 heavy (non-hydrogen) atoms. The van der Waals surface area contributed by atoms with E-state index in [1.807, 2.05) is 6.92 Å². The van der Waals surface area contributed by atoms with Crippen LogP contribution in [0.4, 0.5) is 0 Å². The first-order chi connectivity index (χ1) is 12.0. The van der Waals surface area contributed by atoms with Gasteiger partial charge in [-0.2, -0.15) is 0 Å². The number of carbonyl (C=O) groups is 2. The maximum atomic E-state index is 12.2. The Hall–Kier alpha value is -2.25. The van der Waals surface area contributed by atoms with E-state index in [1.54, 1.807) is 30.3 Å². The molecule has 0 bridgehead atoms. The third-order valence-electron chi connectivity index (χ3n) is 3.19. The molecule has 0 atom stereocenters. The van der Waals surface area contributed by atoms with Crippen LogP contribution in [0.1, 0.15) is 27.6 Å². The molecule has 0 fully saturated rings. The maximum Gasteiger partial charge on any atom is 0.271 e. The lowest BCUT2D eigenvalue weighted by Crippen LogP contribution is -2.41. The van der Waals surface area contributed by atoms with Gasteiger partial charge >= 0.3 is 0 Å². The minimum Gasteiger partial charge on any atom is -0.493 e. The summed E-state index contributed by atoms with van der Waals surface area (Å²) in [6, 6.07) is 9.55. The summed E-state index contributed by atoms with van der Waals surface area (Å²) in [4.78, 5) is 24.3. The van der Waals surface area contributed by atoms with E-state index in [2.05, 4.69) is 26.8 Å². The Bertz CT molecular complexity index is 798. The summed E-state index contributed by atoms with van der Waals surface area (Å²) in [6.45, 7) is 2.33. The van der Waals surface area contributed by atoms with Crippen LogP contribution < -0.4 is 20.3 Å². The predicted molar refractivity (Wildman–Crippen MR) is 98.2 cm³/mol. The lowest BCUT2D eigenvalue weighted by atomic mass is 10.2. The van der Waals surface area contributed by atoms with Gasteiger partial charge in [0.2, 0.25) is 0 Å². The fourth-order valence-corrected chi connectivity index (χ4v) is 2.77. The third-order valence-corrected chi connectivity index (χ3v) is 4.00. The van der Waals surface area contributed by atoms with E-state index >= 15 is 0 Å². The Morgan fingerprint density at radius 1 is 1.08 bits per heavy atom. The fraction of sp³-hybridized carbons (Fsp3) is 0.176. The lowest BCUT2D eigenvalue weighted by molar-refractivity contribution is 0.0846. The molecule has 0 aliphatic carbocycles. The molecule has 8 heteroatoms. The molecule has 0 unspecified atom stereocenters. The number of benzene rings is 2. The minimum absolute atomic E-state index is 0.245. The fourth-order valence-electron chi connectivity index (χ4n) is 2.01. The monoisotopic (exact) mass is 426 g/mol. The second-order valence-electron chi connectivity index (χ2n) is 4.83. The van der Waals surface area contributed by atoms with Crippen molar-refractivity contribution in [2.75, 3.05) is 13.7 Å². The molecule has 2 aromatic carbocycles. The second kappa shape index (κ2) is 8.73. The number of nitrogens with one attached hydrogen (secondary N) is 2. The molecule has 2 aromatic rings. The molecule has 0 saturated heterocycles. The zero-order valence-electron chi connectivity index (χ0n) is 13.6. The van der Waals surface area contributed by atoms with Gasteiger partial charge in [-0.15, -0.1) is 0 Å². The molecular formula is C17H16BrClN2O4. The summed E-state index contributed by atoms with van der Waals surface area (Å²) in [5, 5.41) is 0.267. The highest BCUT2D eigenvalue weighted by Gasteiger charge is 2.14. The Morgan fingerprint density at radius 3 is 2.44 bits per heavy atom. The van der Waals surface area contributed by atoms with Gasteiger partial charge in [-0.25, -0.2) is 0 Å². The number of hydrazine groups is 1. The van der Waals surface area contributed by atoms with E-state index in [4.69, 9.17) is 21.1 Å². The maximum absolute atomic E-state index is 12.2. The number of hydrogen-bond donors (Lipinski definition) is 2. The van der Waals surface area contributed by atoms with E-state index in [0.717, 1.165) is 4.47 Å². The molecule has 0 aliphatic heterocycles. The van der Waals surface area contributed by atoms with Crippen LogP contribution >= 0.6 is 27.5 Å². The predicted octanol–water partition coefficient (Wildman–Crippen LogP) is 3.58. The molecule has 6 nitrogen and oxygen atoms in total. The standard InChI is InChI=1S/C17H16BrClN2O4/c1-3-25-14-7-4-10(8-15(14)24-2)16(22)20-21-17(23)12-6-5-11(18)9-13(12)19/h4-9H,3H2,1-2H3,(H,20,22)(H,21,23). The highest BCUT2D eigenvalue weighted by Crippen LogP contribution is 2.28. The molecular weight excluding hydrogens is 412 g/mol. The Kier molecular flexibility index (Phi) is 6.66. The van der Waals surface area contributed by atoms with Crippen LogP contribution in [0, 0.1) is 0 Å². The summed E-state index contributed by atoms with van der Waals surface area (Å²) in [5.41, 5.74) is 5.21. The van der Waals surface area contributed by atoms with Gasteiger partial charge in [-0.3, -0.25) is 20.4 Å². The number of ether oxygens (including phenoxy) is 2. The normalized spacial score (nSPS) is 10.1. The Morgan fingerprint density at radius 2 is 1.80 bits per heavy atom. The smallest absolute Gasteiger partial charge is 0.271 e. The summed E-state index contributed by atoms with van der Waals surface area (Å²) in [6.07, 6.45) is 0. The molecule has 2 amide bonds. The van der Waals surface area contributed by atoms with Gasteiger partial charge in [0.25, 0.3) is 11.8 Å². The number of methoxy groups -OCH3 is 1. The average molecular weight is 428 g/mol. The summed E-state index contributed by atoms with van der Waals surface area (Å²) >= 11 is 9.27. The molecule has 0 saturated carbocycles. The first kappa shape index (κ1) is 19.1. The Labute approximate surface area is 158 Å². The van der Waals surface area contributed by atoms with Crippen LogP contribution in [0.15, 0.2) is 40.9 Å². The topological polar surface area (TPSA) is 76.7 Å². The summed E-state index contributed by atoms with van der Waals surface area (Å²) in [7, 11) is 1.48. The van der Waals surface area contributed by atoms with Crippen molar-refractivity contribution in [2.45, 2.75) is 6.92 Å². The van der Waals surface area contributed by atoms with Gasteiger partial charge < -0.3 is 9.47 Å². The van der Waals surface area contributed by atoms with Crippen molar-refractivity contribution < 1.29 is 19.1 Å². The van der Waals surface area contributed by atoms with Crippen molar-refractivity contribution in [1.29, 1.82) is 0 Å². The number of halogens is 2. The first-order valence-electron chi connectivity index (χ1n) is 7.32. The highest BCUT2D eigenvalue weighted by molar-refractivity contribution is 9.10. The van der Waals surface area contributed by atoms with Crippen LogP contribution in [0.25, 0.3) is 0 Å². The van der Waals surface area contributed by atoms with Crippen LogP contribution in [-0.4, -0.2) is 25.5 Å². The zero-order chi connectivity index (χ0) is 18.4. The molecule has 0 heterocycles. The van der Waals surface area contributed by atoms with Crippen LogP contribution in [0.2, 0.25) is 5.02 Å². The molecule has 2 N–H and O–H groups in total. The largest absolute Gasteiger partial charge is 0.493 e. The van der Waals surface area contributed by atoms with E-state index in [-0.39, 0.29) is 10.6 Å². The van der Waals surface area contributed by atoms with Crippen LogP contribution in [-0.2, 0) is 0 Å². The quantitative estimate of drug-likeness (QED) is 0.715. The van der Waals surface area contributed by atoms with Crippen molar-refractivity contribution in [3.8, 4) is 11.5 Å². The van der Waals surface area contributed by atoms with Gasteiger partial charge in [-0.05, 0) is 43.3 Å². The molecule has 132 valence electrons. The summed E-state index contributed by atoms with van der Waals surface area (Å²) in [5.74, 6) is -0.0595.